The number of fused-ring (bicyclic) bond motifs is 1. The maximum atomic E-state index is 12.1. The molecule has 7 nitrogen and oxygen atoms in total. The van der Waals surface area contributed by atoms with E-state index in [4.69, 9.17) is 4.74 Å². The standard InChI is InChI=1S/C20H17N5O2/c1-27-16-9-5-6-14(12-16)17-10-11-19-22-18(13-25(19)24-17)23-20(26)21-15-7-3-2-4-8-15/h2-13H,1H3,(H2,21,23,26). The molecule has 4 aromatic rings. The largest absolute Gasteiger partial charge is 0.497 e. The van der Waals surface area contributed by atoms with E-state index in [-0.39, 0.29) is 6.03 Å². The van der Waals surface area contributed by atoms with Crippen LogP contribution in [0.5, 0.6) is 5.75 Å². The first-order chi connectivity index (χ1) is 13.2. The van der Waals surface area contributed by atoms with Gasteiger partial charge in [0.15, 0.2) is 11.5 Å². The lowest BCUT2D eigenvalue weighted by molar-refractivity contribution is 0.262. The molecule has 0 saturated heterocycles. The predicted octanol–water partition coefficient (Wildman–Crippen LogP) is 4.05. The Bertz CT molecular complexity index is 1090. The summed E-state index contributed by atoms with van der Waals surface area (Å²) in [6.45, 7) is 0. The van der Waals surface area contributed by atoms with E-state index in [2.05, 4.69) is 20.7 Å². The first-order valence-electron chi connectivity index (χ1n) is 8.35. The van der Waals surface area contributed by atoms with Crippen LogP contribution in [0.3, 0.4) is 0 Å². The van der Waals surface area contributed by atoms with E-state index >= 15 is 0 Å². The molecule has 0 fully saturated rings. The van der Waals surface area contributed by atoms with Crippen LogP contribution in [-0.4, -0.2) is 27.7 Å². The first kappa shape index (κ1) is 16.6. The number of hydrogen-bond donors (Lipinski definition) is 2. The van der Waals surface area contributed by atoms with E-state index in [1.807, 2.05) is 66.7 Å². The van der Waals surface area contributed by atoms with Crippen molar-refractivity contribution in [2.24, 2.45) is 0 Å². The summed E-state index contributed by atoms with van der Waals surface area (Å²) in [6.07, 6.45) is 1.67. The zero-order chi connectivity index (χ0) is 18.6. The van der Waals surface area contributed by atoms with Gasteiger partial charge in [-0.2, -0.15) is 5.10 Å². The van der Waals surface area contributed by atoms with Gasteiger partial charge < -0.3 is 10.1 Å². The molecule has 0 spiro atoms. The number of anilines is 2. The molecule has 0 bridgehead atoms. The second-order valence-corrected chi connectivity index (χ2v) is 5.82. The van der Waals surface area contributed by atoms with Crippen LogP contribution in [0.4, 0.5) is 16.3 Å². The van der Waals surface area contributed by atoms with E-state index in [0.29, 0.717) is 17.2 Å². The van der Waals surface area contributed by atoms with Crippen molar-refractivity contribution in [2.75, 3.05) is 17.7 Å². The molecular formula is C20H17N5O2. The quantitative estimate of drug-likeness (QED) is 0.576. The summed E-state index contributed by atoms with van der Waals surface area (Å²) in [6, 6.07) is 20.2. The van der Waals surface area contributed by atoms with Crippen LogP contribution in [0.15, 0.2) is 72.9 Å². The molecule has 0 atom stereocenters. The van der Waals surface area contributed by atoms with Crippen LogP contribution < -0.4 is 15.4 Å². The molecule has 0 aliphatic carbocycles. The molecule has 0 aliphatic rings. The lowest BCUT2D eigenvalue weighted by Crippen LogP contribution is -2.19. The molecule has 134 valence electrons. The van der Waals surface area contributed by atoms with Gasteiger partial charge in [0.1, 0.15) is 5.75 Å². The highest BCUT2D eigenvalue weighted by molar-refractivity contribution is 5.99. The Morgan fingerprint density at radius 3 is 2.67 bits per heavy atom. The number of rotatable bonds is 4. The third-order valence-corrected chi connectivity index (χ3v) is 3.96. The van der Waals surface area contributed by atoms with E-state index < -0.39 is 0 Å². The Morgan fingerprint density at radius 1 is 1.00 bits per heavy atom. The van der Waals surface area contributed by atoms with Crippen LogP contribution in [0.2, 0.25) is 0 Å². The minimum Gasteiger partial charge on any atom is -0.497 e. The summed E-state index contributed by atoms with van der Waals surface area (Å²) in [5, 5.41) is 10.0. The molecule has 2 heterocycles. The number of urea groups is 1. The van der Waals surface area contributed by atoms with Gasteiger partial charge in [-0.05, 0) is 36.4 Å². The minimum atomic E-state index is -0.363. The normalized spacial score (nSPS) is 10.6. The molecule has 2 aromatic carbocycles. The summed E-state index contributed by atoms with van der Waals surface area (Å²) in [4.78, 5) is 16.5. The highest BCUT2D eigenvalue weighted by atomic mass is 16.5. The average Bonchev–Trinajstić information content (AvgIpc) is 3.10. The van der Waals surface area contributed by atoms with Gasteiger partial charge in [0, 0.05) is 11.3 Å². The molecule has 0 radical (unpaired) electrons. The number of para-hydroxylation sites is 1. The fraction of sp³-hybridized carbons (Fsp3) is 0.0500. The third kappa shape index (κ3) is 3.72. The summed E-state index contributed by atoms with van der Waals surface area (Å²) in [5.41, 5.74) is 3.05. The van der Waals surface area contributed by atoms with E-state index in [1.165, 1.54) is 0 Å². The molecular weight excluding hydrogens is 342 g/mol. The number of carbonyl (C=O) groups excluding carboxylic acids is 1. The van der Waals surface area contributed by atoms with Crippen molar-refractivity contribution >= 4 is 23.2 Å². The van der Waals surface area contributed by atoms with Crippen molar-refractivity contribution in [1.82, 2.24) is 14.6 Å². The van der Waals surface area contributed by atoms with Gasteiger partial charge in [-0.1, -0.05) is 30.3 Å². The number of methoxy groups -OCH3 is 1. The van der Waals surface area contributed by atoms with Crippen LogP contribution in [0.25, 0.3) is 16.9 Å². The highest BCUT2D eigenvalue weighted by Gasteiger charge is 2.09. The number of aromatic nitrogens is 3. The van der Waals surface area contributed by atoms with Crippen LogP contribution in [0, 0.1) is 0 Å². The predicted molar refractivity (Wildman–Crippen MR) is 104 cm³/mol. The molecule has 4 rings (SSSR count). The summed E-state index contributed by atoms with van der Waals surface area (Å²) in [5.74, 6) is 1.18. The minimum absolute atomic E-state index is 0.363. The molecule has 2 N–H and O–H groups in total. The second kappa shape index (κ2) is 7.17. The van der Waals surface area contributed by atoms with Crippen molar-refractivity contribution < 1.29 is 9.53 Å². The van der Waals surface area contributed by atoms with E-state index in [0.717, 1.165) is 17.0 Å². The maximum absolute atomic E-state index is 12.1. The second-order valence-electron chi connectivity index (χ2n) is 5.82. The van der Waals surface area contributed by atoms with Gasteiger partial charge >= 0.3 is 6.03 Å². The molecule has 0 saturated carbocycles. The monoisotopic (exact) mass is 359 g/mol. The Labute approximate surface area is 155 Å². The van der Waals surface area contributed by atoms with Gasteiger partial charge in [-0.15, -0.1) is 0 Å². The summed E-state index contributed by atoms with van der Waals surface area (Å²) in [7, 11) is 1.63. The lowest BCUT2D eigenvalue weighted by atomic mass is 10.1. The van der Waals surface area contributed by atoms with Crippen molar-refractivity contribution in [3.63, 3.8) is 0 Å². The van der Waals surface area contributed by atoms with Crippen LogP contribution in [0.1, 0.15) is 0 Å². The van der Waals surface area contributed by atoms with Crippen molar-refractivity contribution in [1.29, 1.82) is 0 Å². The van der Waals surface area contributed by atoms with Gasteiger partial charge in [-0.3, -0.25) is 5.32 Å². The number of nitrogens with one attached hydrogen (secondary N) is 2. The lowest BCUT2D eigenvalue weighted by Gasteiger charge is -2.04. The van der Waals surface area contributed by atoms with E-state index in [9.17, 15) is 4.79 Å². The van der Waals surface area contributed by atoms with Crippen molar-refractivity contribution in [3.8, 4) is 17.0 Å². The smallest absolute Gasteiger partial charge is 0.324 e. The maximum Gasteiger partial charge on any atom is 0.324 e. The van der Waals surface area contributed by atoms with Crippen molar-refractivity contribution in [3.05, 3.63) is 72.9 Å². The topological polar surface area (TPSA) is 80.5 Å². The van der Waals surface area contributed by atoms with Crippen LogP contribution in [-0.2, 0) is 0 Å². The van der Waals surface area contributed by atoms with Gasteiger partial charge in [-0.25, -0.2) is 14.3 Å². The Morgan fingerprint density at radius 2 is 1.85 bits per heavy atom. The molecule has 2 aromatic heterocycles. The van der Waals surface area contributed by atoms with Crippen LogP contribution >= 0.6 is 0 Å². The number of imidazole rings is 1. The van der Waals surface area contributed by atoms with E-state index in [1.54, 1.807) is 17.8 Å². The third-order valence-electron chi connectivity index (χ3n) is 3.96. The van der Waals surface area contributed by atoms with Gasteiger partial charge in [0.25, 0.3) is 0 Å². The number of amides is 2. The Kier molecular flexibility index (Phi) is 4.40. The fourth-order valence-corrected chi connectivity index (χ4v) is 2.68. The summed E-state index contributed by atoms with van der Waals surface area (Å²) < 4.78 is 6.89. The zero-order valence-electron chi connectivity index (χ0n) is 14.6. The van der Waals surface area contributed by atoms with Gasteiger partial charge in [0.2, 0.25) is 0 Å². The first-order valence-corrected chi connectivity index (χ1v) is 8.35. The number of nitrogens with zero attached hydrogens (tertiary/aromatic N) is 3. The summed E-state index contributed by atoms with van der Waals surface area (Å²) >= 11 is 0. The molecule has 0 aliphatic heterocycles. The number of benzene rings is 2. The SMILES string of the molecule is COc1cccc(-c2ccc3nc(NC(=O)Nc4ccccc4)cn3n2)c1. The zero-order valence-corrected chi connectivity index (χ0v) is 14.6. The molecule has 2 amide bonds. The molecule has 27 heavy (non-hydrogen) atoms. The molecule has 7 heteroatoms. The van der Waals surface area contributed by atoms with Gasteiger partial charge in [0.05, 0.1) is 19.0 Å². The number of carbonyl (C=O) groups is 1. The van der Waals surface area contributed by atoms with Crippen molar-refractivity contribution in [2.45, 2.75) is 0 Å². The average molecular weight is 359 g/mol. The number of hydrogen-bond acceptors (Lipinski definition) is 4. The fourth-order valence-electron chi connectivity index (χ4n) is 2.68. The number of ether oxygens (including phenoxy) is 1. The highest BCUT2D eigenvalue weighted by Crippen LogP contribution is 2.22. The Balaban J connectivity index is 1.54. The Hall–Kier alpha value is -3.87. The molecule has 0 unspecified atom stereocenters.